The number of piperidine rings is 2. The molecule has 27 heavy (non-hydrogen) atoms. The number of aliphatic hydroxyl groups excluding tert-OH is 1. The number of hydrogen-bond donors (Lipinski definition) is 2. The van der Waals surface area contributed by atoms with Crippen molar-refractivity contribution in [2.45, 2.75) is 45.2 Å². The summed E-state index contributed by atoms with van der Waals surface area (Å²) in [6, 6.07) is -0.839. The van der Waals surface area contributed by atoms with Crippen molar-refractivity contribution in [1.82, 2.24) is 19.8 Å². The summed E-state index contributed by atoms with van der Waals surface area (Å²) in [4.78, 5) is 36.7. The molecule has 1 aromatic rings. The summed E-state index contributed by atoms with van der Waals surface area (Å²) in [6.45, 7) is 3.97. The second-order valence-corrected chi connectivity index (χ2v) is 7.51. The lowest BCUT2D eigenvalue weighted by Crippen LogP contribution is -2.54. The molecule has 0 saturated carbocycles. The summed E-state index contributed by atoms with van der Waals surface area (Å²) in [7, 11) is 0. The molecule has 2 saturated heterocycles. The van der Waals surface area contributed by atoms with Gasteiger partial charge in [0.1, 0.15) is 6.04 Å². The number of likely N-dealkylation sites (tertiary alicyclic amines) is 2. The number of carbonyl (C=O) groups excluding carboxylic acids is 2. The Morgan fingerprint density at radius 3 is 2.59 bits per heavy atom. The first kappa shape index (κ1) is 21.5. The van der Waals surface area contributed by atoms with Crippen LogP contribution in [0.3, 0.4) is 0 Å². The van der Waals surface area contributed by atoms with Crippen LogP contribution in [0.4, 0.5) is 0 Å². The Kier molecular flexibility index (Phi) is 7.13. The van der Waals surface area contributed by atoms with Gasteiger partial charge in [-0.15, -0.1) is 12.4 Å². The molecule has 3 heterocycles. The normalized spacial score (nSPS) is 20.3. The number of hydrogen-bond acceptors (Lipinski definition) is 6. The first-order chi connectivity index (χ1) is 12.4. The number of rotatable bonds is 4. The standard InChI is InChI=1S/C18H27N5O3.ClH/c1-13-8-21-14(9-20-13)10-23-12-18(3-2-16(23)25)4-6-22(7-5-18)17(26)15(19)11-24;/h8-9,15,24H,2-7,10-12,19H2,1H3;1H/t15-;/m0./s1. The molecule has 1 aromatic heterocycles. The van der Waals surface area contributed by atoms with Crippen molar-refractivity contribution in [3.8, 4) is 0 Å². The van der Waals surface area contributed by atoms with Gasteiger partial charge in [-0.1, -0.05) is 0 Å². The highest BCUT2D eigenvalue weighted by atomic mass is 35.5. The maximum absolute atomic E-state index is 12.4. The molecule has 0 unspecified atom stereocenters. The fourth-order valence-electron chi connectivity index (χ4n) is 3.87. The molecule has 3 rings (SSSR count). The first-order valence-corrected chi connectivity index (χ1v) is 9.13. The topological polar surface area (TPSA) is 113 Å². The lowest BCUT2D eigenvalue weighted by molar-refractivity contribution is -0.144. The number of halogens is 1. The van der Waals surface area contributed by atoms with E-state index in [0.29, 0.717) is 32.6 Å². The van der Waals surface area contributed by atoms with Gasteiger partial charge in [-0.2, -0.15) is 0 Å². The van der Waals surface area contributed by atoms with E-state index in [0.717, 1.165) is 30.7 Å². The van der Waals surface area contributed by atoms with Gasteiger partial charge in [-0.05, 0) is 31.6 Å². The van der Waals surface area contributed by atoms with Crippen molar-refractivity contribution < 1.29 is 14.7 Å². The van der Waals surface area contributed by atoms with Crippen LogP contribution in [0.2, 0.25) is 0 Å². The largest absolute Gasteiger partial charge is 0.394 e. The van der Waals surface area contributed by atoms with Crippen LogP contribution >= 0.6 is 12.4 Å². The third-order valence-electron chi connectivity index (χ3n) is 5.59. The predicted molar refractivity (Wildman–Crippen MR) is 102 cm³/mol. The maximum atomic E-state index is 12.4. The first-order valence-electron chi connectivity index (χ1n) is 9.13. The highest BCUT2D eigenvalue weighted by Gasteiger charge is 2.42. The van der Waals surface area contributed by atoms with Gasteiger partial charge >= 0.3 is 0 Å². The minimum atomic E-state index is -0.839. The molecule has 0 aromatic carbocycles. The zero-order valence-corrected chi connectivity index (χ0v) is 16.5. The molecule has 1 spiro atoms. The highest BCUT2D eigenvalue weighted by Crippen LogP contribution is 2.40. The summed E-state index contributed by atoms with van der Waals surface area (Å²) in [5.41, 5.74) is 7.34. The average molecular weight is 398 g/mol. The average Bonchev–Trinajstić information content (AvgIpc) is 2.66. The molecule has 0 bridgehead atoms. The number of nitrogens with zero attached hydrogens (tertiary/aromatic N) is 4. The Labute approximate surface area is 165 Å². The number of nitrogens with two attached hydrogens (primary N) is 1. The van der Waals surface area contributed by atoms with Crippen LogP contribution in [0, 0.1) is 12.3 Å². The van der Waals surface area contributed by atoms with E-state index in [1.807, 2.05) is 11.8 Å². The molecule has 2 aliphatic rings. The maximum Gasteiger partial charge on any atom is 0.241 e. The number of aryl methyl sites for hydroxylation is 1. The number of amides is 2. The summed E-state index contributed by atoms with van der Waals surface area (Å²) in [5.74, 6) is -0.0418. The Morgan fingerprint density at radius 1 is 1.30 bits per heavy atom. The van der Waals surface area contributed by atoms with Crippen LogP contribution in [0.15, 0.2) is 12.4 Å². The molecule has 2 amide bonds. The Hall–Kier alpha value is -1.77. The van der Waals surface area contributed by atoms with E-state index in [9.17, 15) is 9.59 Å². The Morgan fingerprint density at radius 2 is 2.00 bits per heavy atom. The van der Waals surface area contributed by atoms with Crippen molar-refractivity contribution in [2.75, 3.05) is 26.2 Å². The lowest BCUT2D eigenvalue weighted by atomic mass is 9.72. The molecule has 9 heteroatoms. The molecular formula is C18H28ClN5O3. The molecule has 8 nitrogen and oxygen atoms in total. The summed E-state index contributed by atoms with van der Waals surface area (Å²) in [5, 5.41) is 9.07. The zero-order valence-electron chi connectivity index (χ0n) is 15.6. The monoisotopic (exact) mass is 397 g/mol. The van der Waals surface area contributed by atoms with Crippen LogP contribution in [0.25, 0.3) is 0 Å². The van der Waals surface area contributed by atoms with Gasteiger partial charge in [0.25, 0.3) is 0 Å². The van der Waals surface area contributed by atoms with E-state index in [1.165, 1.54) is 0 Å². The van der Waals surface area contributed by atoms with Crippen molar-refractivity contribution in [3.63, 3.8) is 0 Å². The van der Waals surface area contributed by atoms with Gasteiger partial charge in [-0.25, -0.2) is 0 Å². The van der Waals surface area contributed by atoms with Crippen molar-refractivity contribution >= 4 is 24.2 Å². The van der Waals surface area contributed by atoms with E-state index >= 15 is 0 Å². The third kappa shape index (κ3) is 4.94. The SMILES string of the molecule is Cc1cnc(CN2CC3(CCC2=O)CCN(C(=O)[C@@H](N)CO)CC3)cn1.Cl. The van der Waals surface area contributed by atoms with E-state index in [4.69, 9.17) is 10.8 Å². The summed E-state index contributed by atoms with van der Waals surface area (Å²) in [6.07, 6.45) is 6.52. The quantitative estimate of drug-likeness (QED) is 0.753. The van der Waals surface area contributed by atoms with Crippen molar-refractivity contribution in [2.24, 2.45) is 11.1 Å². The van der Waals surface area contributed by atoms with E-state index in [-0.39, 0.29) is 36.2 Å². The van der Waals surface area contributed by atoms with Crippen LogP contribution in [0.1, 0.15) is 37.1 Å². The highest BCUT2D eigenvalue weighted by molar-refractivity contribution is 5.85. The van der Waals surface area contributed by atoms with Gasteiger partial charge in [0.2, 0.25) is 11.8 Å². The van der Waals surface area contributed by atoms with E-state index in [1.54, 1.807) is 17.3 Å². The van der Waals surface area contributed by atoms with Gasteiger partial charge in [0.15, 0.2) is 0 Å². The van der Waals surface area contributed by atoms with Crippen LogP contribution < -0.4 is 5.73 Å². The molecule has 150 valence electrons. The predicted octanol–water partition coefficient (Wildman–Crippen LogP) is 0.258. The fourth-order valence-corrected chi connectivity index (χ4v) is 3.87. The molecule has 0 aliphatic carbocycles. The number of aliphatic hydroxyl groups is 1. The molecule has 1 atom stereocenters. The van der Waals surface area contributed by atoms with E-state index in [2.05, 4.69) is 9.97 Å². The second-order valence-electron chi connectivity index (χ2n) is 7.51. The van der Waals surface area contributed by atoms with Crippen LogP contribution in [-0.2, 0) is 16.1 Å². The molecule has 3 N–H and O–H groups in total. The minimum Gasteiger partial charge on any atom is -0.394 e. The minimum absolute atomic E-state index is 0. The Bertz CT molecular complexity index is 661. The smallest absolute Gasteiger partial charge is 0.241 e. The summed E-state index contributed by atoms with van der Waals surface area (Å²) >= 11 is 0. The number of aromatic nitrogens is 2. The van der Waals surface area contributed by atoms with Crippen LogP contribution in [-0.4, -0.2) is 69.0 Å². The number of carbonyl (C=O) groups is 2. The van der Waals surface area contributed by atoms with Gasteiger partial charge in [0, 0.05) is 32.3 Å². The van der Waals surface area contributed by atoms with Gasteiger partial charge < -0.3 is 20.6 Å². The van der Waals surface area contributed by atoms with E-state index < -0.39 is 6.04 Å². The fraction of sp³-hybridized carbons (Fsp3) is 0.667. The van der Waals surface area contributed by atoms with Gasteiger partial charge in [-0.3, -0.25) is 19.6 Å². The summed E-state index contributed by atoms with van der Waals surface area (Å²) < 4.78 is 0. The van der Waals surface area contributed by atoms with Gasteiger partial charge in [0.05, 0.1) is 30.7 Å². The Balaban J connectivity index is 0.00000261. The third-order valence-corrected chi connectivity index (χ3v) is 5.59. The van der Waals surface area contributed by atoms with Crippen molar-refractivity contribution in [1.29, 1.82) is 0 Å². The van der Waals surface area contributed by atoms with Crippen LogP contribution in [0.5, 0.6) is 0 Å². The zero-order chi connectivity index (χ0) is 18.7. The lowest BCUT2D eigenvalue weighted by Gasteiger charge is -2.47. The van der Waals surface area contributed by atoms with Crippen molar-refractivity contribution in [3.05, 3.63) is 23.8 Å². The molecule has 2 fully saturated rings. The molecule has 2 aliphatic heterocycles. The second kappa shape index (κ2) is 8.95. The molecule has 0 radical (unpaired) electrons. The molecular weight excluding hydrogens is 370 g/mol.